The van der Waals surface area contributed by atoms with Crippen molar-refractivity contribution in [3.8, 4) is 5.75 Å². The molecule has 0 radical (unpaired) electrons. The standard InChI is InChI=1S/C19H16F3NO6/c1-27-17(25)13-4-2-12(3-5-13)10-23-16(24)11-28-18(26)14-6-8-15(9-7-14)29-19(20,21)22/h2-9H,10-11H2,1H3,(H,23,24). The maximum atomic E-state index is 12.1. The first-order valence-electron chi connectivity index (χ1n) is 8.15. The van der Waals surface area contributed by atoms with Gasteiger partial charge in [-0.05, 0) is 42.0 Å². The lowest BCUT2D eigenvalue weighted by Crippen LogP contribution is -2.28. The van der Waals surface area contributed by atoms with Crippen LogP contribution in [0.4, 0.5) is 13.2 Å². The zero-order chi connectivity index (χ0) is 21.4. The van der Waals surface area contributed by atoms with Gasteiger partial charge in [-0.2, -0.15) is 0 Å². The first-order valence-corrected chi connectivity index (χ1v) is 8.15. The van der Waals surface area contributed by atoms with E-state index in [0.717, 1.165) is 24.3 Å². The van der Waals surface area contributed by atoms with Crippen LogP contribution in [-0.4, -0.2) is 37.9 Å². The molecular weight excluding hydrogens is 395 g/mol. The van der Waals surface area contributed by atoms with Crippen molar-refractivity contribution in [1.29, 1.82) is 0 Å². The second-order valence-electron chi connectivity index (χ2n) is 5.61. The third kappa shape index (κ3) is 7.17. The molecule has 2 rings (SSSR count). The van der Waals surface area contributed by atoms with Crippen molar-refractivity contribution in [3.05, 3.63) is 65.2 Å². The molecule has 1 amide bonds. The highest BCUT2D eigenvalue weighted by Crippen LogP contribution is 2.22. The van der Waals surface area contributed by atoms with Crippen molar-refractivity contribution in [2.75, 3.05) is 13.7 Å². The Morgan fingerprint density at radius 3 is 2.00 bits per heavy atom. The molecule has 0 bridgehead atoms. The Balaban J connectivity index is 1.78. The van der Waals surface area contributed by atoms with Gasteiger partial charge in [0.05, 0.1) is 18.2 Å². The predicted octanol–water partition coefficient (Wildman–Crippen LogP) is 2.85. The Bertz CT molecular complexity index is 863. The minimum atomic E-state index is -4.83. The predicted molar refractivity (Wildman–Crippen MR) is 93.0 cm³/mol. The Morgan fingerprint density at radius 1 is 0.897 bits per heavy atom. The molecule has 2 aromatic carbocycles. The second-order valence-corrected chi connectivity index (χ2v) is 5.61. The normalized spacial score (nSPS) is 10.8. The summed E-state index contributed by atoms with van der Waals surface area (Å²) in [6, 6.07) is 10.4. The third-order valence-corrected chi connectivity index (χ3v) is 3.52. The fourth-order valence-electron chi connectivity index (χ4n) is 2.14. The summed E-state index contributed by atoms with van der Waals surface area (Å²) < 4.78 is 49.4. The van der Waals surface area contributed by atoms with Crippen LogP contribution in [0.2, 0.25) is 0 Å². The molecule has 154 valence electrons. The van der Waals surface area contributed by atoms with Gasteiger partial charge in [0.1, 0.15) is 5.75 Å². The highest BCUT2D eigenvalue weighted by atomic mass is 19.4. The number of alkyl halides is 3. The smallest absolute Gasteiger partial charge is 0.465 e. The summed E-state index contributed by atoms with van der Waals surface area (Å²) in [7, 11) is 1.27. The Morgan fingerprint density at radius 2 is 1.45 bits per heavy atom. The molecule has 1 N–H and O–H groups in total. The number of carbonyl (C=O) groups is 3. The molecule has 0 aliphatic heterocycles. The van der Waals surface area contributed by atoms with Gasteiger partial charge in [-0.15, -0.1) is 13.2 Å². The summed E-state index contributed by atoms with van der Waals surface area (Å²) in [4.78, 5) is 35.0. The van der Waals surface area contributed by atoms with Crippen molar-refractivity contribution in [2.45, 2.75) is 12.9 Å². The van der Waals surface area contributed by atoms with E-state index in [4.69, 9.17) is 4.74 Å². The van der Waals surface area contributed by atoms with Gasteiger partial charge >= 0.3 is 18.3 Å². The van der Waals surface area contributed by atoms with Crippen molar-refractivity contribution in [1.82, 2.24) is 5.32 Å². The zero-order valence-corrected chi connectivity index (χ0v) is 15.1. The lowest BCUT2D eigenvalue weighted by molar-refractivity contribution is -0.274. The minimum Gasteiger partial charge on any atom is -0.465 e. The summed E-state index contributed by atoms with van der Waals surface area (Å²) in [6.45, 7) is -0.429. The molecule has 0 atom stereocenters. The first kappa shape index (κ1) is 21.7. The van der Waals surface area contributed by atoms with E-state index in [9.17, 15) is 27.6 Å². The van der Waals surface area contributed by atoms with Crippen LogP contribution in [0.5, 0.6) is 5.75 Å². The number of ether oxygens (including phenoxy) is 3. The number of halogens is 3. The van der Waals surface area contributed by atoms with Gasteiger partial charge in [0.2, 0.25) is 0 Å². The molecule has 0 aliphatic carbocycles. The average molecular weight is 411 g/mol. The van der Waals surface area contributed by atoms with E-state index in [0.29, 0.717) is 11.1 Å². The van der Waals surface area contributed by atoms with E-state index in [1.54, 1.807) is 24.3 Å². The molecule has 29 heavy (non-hydrogen) atoms. The van der Waals surface area contributed by atoms with E-state index in [-0.39, 0.29) is 12.1 Å². The van der Waals surface area contributed by atoms with E-state index in [1.807, 2.05) is 0 Å². The number of amides is 1. The molecule has 0 aliphatic rings. The van der Waals surface area contributed by atoms with Crippen LogP contribution < -0.4 is 10.1 Å². The number of hydrogen-bond acceptors (Lipinski definition) is 6. The van der Waals surface area contributed by atoms with Crippen molar-refractivity contribution < 1.29 is 41.8 Å². The van der Waals surface area contributed by atoms with Crippen LogP contribution in [0.3, 0.4) is 0 Å². The van der Waals surface area contributed by atoms with Crippen LogP contribution >= 0.6 is 0 Å². The third-order valence-electron chi connectivity index (χ3n) is 3.52. The fraction of sp³-hybridized carbons (Fsp3) is 0.211. The molecule has 10 heteroatoms. The molecule has 0 aromatic heterocycles. The number of carbonyl (C=O) groups excluding carboxylic acids is 3. The Kier molecular flexibility index (Phi) is 7.18. The average Bonchev–Trinajstić information content (AvgIpc) is 2.69. The SMILES string of the molecule is COC(=O)c1ccc(CNC(=O)COC(=O)c2ccc(OC(F)(F)F)cc2)cc1. The van der Waals surface area contributed by atoms with Gasteiger partial charge in [0, 0.05) is 6.54 Å². The fourth-order valence-corrected chi connectivity index (χ4v) is 2.14. The van der Waals surface area contributed by atoms with Gasteiger partial charge in [-0.25, -0.2) is 9.59 Å². The number of rotatable bonds is 7. The van der Waals surface area contributed by atoms with E-state index in [1.165, 1.54) is 7.11 Å². The van der Waals surface area contributed by atoms with Gasteiger partial charge in [0.25, 0.3) is 5.91 Å². The van der Waals surface area contributed by atoms with Crippen molar-refractivity contribution in [3.63, 3.8) is 0 Å². The maximum Gasteiger partial charge on any atom is 0.573 e. The van der Waals surface area contributed by atoms with Crippen LogP contribution in [0.1, 0.15) is 26.3 Å². The summed E-state index contributed by atoms with van der Waals surface area (Å²) in [5.74, 6) is -2.41. The number of hydrogen-bond donors (Lipinski definition) is 1. The maximum absolute atomic E-state index is 12.1. The van der Waals surface area contributed by atoms with Gasteiger partial charge < -0.3 is 19.5 Å². The highest BCUT2D eigenvalue weighted by molar-refractivity contribution is 5.91. The number of esters is 2. The van der Waals surface area contributed by atoms with Crippen LogP contribution in [0, 0.1) is 0 Å². The van der Waals surface area contributed by atoms with E-state index >= 15 is 0 Å². The van der Waals surface area contributed by atoms with E-state index < -0.39 is 36.6 Å². The molecule has 7 nitrogen and oxygen atoms in total. The lowest BCUT2D eigenvalue weighted by Gasteiger charge is -2.09. The van der Waals surface area contributed by atoms with Crippen LogP contribution in [0.15, 0.2) is 48.5 Å². The quantitative estimate of drug-likeness (QED) is 0.705. The molecule has 0 heterocycles. The molecule has 0 saturated heterocycles. The number of nitrogens with one attached hydrogen (secondary N) is 1. The van der Waals surface area contributed by atoms with Crippen molar-refractivity contribution in [2.24, 2.45) is 0 Å². The summed E-state index contributed by atoms with van der Waals surface area (Å²) >= 11 is 0. The second kappa shape index (κ2) is 9.58. The highest BCUT2D eigenvalue weighted by Gasteiger charge is 2.31. The largest absolute Gasteiger partial charge is 0.573 e. The number of benzene rings is 2. The van der Waals surface area contributed by atoms with Gasteiger partial charge in [-0.1, -0.05) is 12.1 Å². The number of methoxy groups -OCH3 is 1. The summed E-state index contributed by atoms with van der Waals surface area (Å²) in [5, 5.41) is 2.53. The minimum absolute atomic E-state index is 0.0364. The molecule has 0 saturated carbocycles. The lowest BCUT2D eigenvalue weighted by atomic mass is 10.1. The molecule has 0 unspecified atom stereocenters. The zero-order valence-electron chi connectivity index (χ0n) is 15.1. The Hall–Kier alpha value is -3.56. The van der Waals surface area contributed by atoms with Crippen LogP contribution in [-0.2, 0) is 20.8 Å². The van der Waals surface area contributed by atoms with Crippen LogP contribution in [0.25, 0.3) is 0 Å². The van der Waals surface area contributed by atoms with Crippen molar-refractivity contribution >= 4 is 17.8 Å². The molecule has 2 aromatic rings. The Labute approximate surface area is 163 Å². The van der Waals surface area contributed by atoms with Gasteiger partial charge in [-0.3, -0.25) is 4.79 Å². The molecule has 0 spiro atoms. The molecular formula is C19H16F3NO6. The first-order chi connectivity index (χ1) is 13.7. The van der Waals surface area contributed by atoms with E-state index in [2.05, 4.69) is 14.8 Å². The summed E-state index contributed by atoms with van der Waals surface area (Å²) in [5.41, 5.74) is 1.03. The topological polar surface area (TPSA) is 90.9 Å². The van der Waals surface area contributed by atoms with Gasteiger partial charge in [0.15, 0.2) is 6.61 Å². The monoisotopic (exact) mass is 411 g/mol. The molecule has 0 fully saturated rings. The summed E-state index contributed by atoms with van der Waals surface area (Å²) in [6.07, 6.45) is -4.83.